The number of carbonyl (C=O) groups is 2. The van der Waals surface area contributed by atoms with E-state index in [0.717, 1.165) is 5.56 Å². The quantitative estimate of drug-likeness (QED) is 0.582. The fraction of sp³-hybridized carbons (Fsp3) is 0.481. The Balaban J connectivity index is 2.15. The molecule has 2 aromatic rings. The van der Waals surface area contributed by atoms with Gasteiger partial charge in [0, 0.05) is 14.1 Å². The Hall–Kier alpha value is -2.90. The third kappa shape index (κ3) is 7.85. The second kappa shape index (κ2) is 12.0. The monoisotopic (exact) mass is 470 g/mol. The van der Waals surface area contributed by atoms with Crippen molar-refractivity contribution in [1.82, 2.24) is 9.80 Å². The molecule has 7 nitrogen and oxygen atoms in total. The van der Waals surface area contributed by atoms with Crippen molar-refractivity contribution in [3.05, 3.63) is 71.8 Å². The minimum atomic E-state index is -1.13. The molecule has 0 heterocycles. The van der Waals surface area contributed by atoms with E-state index in [-0.39, 0.29) is 12.3 Å². The van der Waals surface area contributed by atoms with Crippen LogP contribution in [0.5, 0.6) is 0 Å². The highest BCUT2D eigenvalue weighted by atomic mass is 16.6. The summed E-state index contributed by atoms with van der Waals surface area (Å²) in [6.45, 7) is 7.09. The van der Waals surface area contributed by atoms with Crippen LogP contribution in [0.25, 0.3) is 0 Å². The predicted octanol–water partition coefficient (Wildman–Crippen LogP) is 3.80. The third-order valence-electron chi connectivity index (χ3n) is 5.90. The molecule has 2 amide bonds. The highest BCUT2D eigenvalue weighted by Crippen LogP contribution is 2.22. The molecular weight excluding hydrogens is 432 g/mol. The molecule has 0 spiro atoms. The maximum absolute atomic E-state index is 13.0. The van der Waals surface area contributed by atoms with Crippen LogP contribution in [0.15, 0.2) is 60.7 Å². The van der Waals surface area contributed by atoms with E-state index in [1.165, 1.54) is 9.80 Å². The molecule has 0 aliphatic carbocycles. The molecular formula is C27H38N2O5. The molecule has 186 valence electrons. The summed E-state index contributed by atoms with van der Waals surface area (Å²) in [4.78, 5) is 28.6. The van der Waals surface area contributed by atoms with Gasteiger partial charge in [-0.3, -0.25) is 4.79 Å². The van der Waals surface area contributed by atoms with Crippen molar-refractivity contribution in [2.45, 2.75) is 70.4 Å². The number of amides is 2. The van der Waals surface area contributed by atoms with Crippen molar-refractivity contribution in [1.29, 1.82) is 0 Å². The zero-order chi connectivity index (χ0) is 25.5. The number of aliphatic hydroxyl groups is 2. The lowest BCUT2D eigenvalue weighted by molar-refractivity contribution is -0.137. The summed E-state index contributed by atoms with van der Waals surface area (Å²) in [6.07, 6.45) is -2.41. The minimum Gasteiger partial charge on any atom is -0.444 e. The van der Waals surface area contributed by atoms with E-state index < -0.39 is 36.0 Å². The molecule has 0 aliphatic rings. The van der Waals surface area contributed by atoms with Gasteiger partial charge in [-0.05, 0) is 45.2 Å². The van der Waals surface area contributed by atoms with E-state index in [1.54, 1.807) is 53.9 Å². The van der Waals surface area contributed by atoms with Crippen LogP contribution in [0.2, 0.25) is 0 Å². The maximum atomic E-state index is 13.0. The number of ether oxygens (including phenoxy) is 1. The normalized spacial score (nSPS) is 15.1. The molecule has 2 aromatic carbocycles. The Kier molecular flexibility index (Phi) is 9.65. The Labute approximate surface area is 203 Å². The summed E-state index contributed by atoms with van der Waals surface area (Å²) >= 11 is 0. The van der Waals surface area contributed by atoms with Crippen LogP contribution in [0, 0.1) is 0 Å². The molecule has 7 heteroatoms. The van der Waals surface area contributed by atoms with Crippen molar-refractivity contribution in [3.8, 4) is 0 Å². The lowest BCUT2D eigenvalue weighted by Gasteiger charge is -2.35. The van der Waals surface area contributed by atoms with Gasteiger partial charge in [-0.25, -0.2) is 4.79 Å². The second-order valence-corrected chi connectivity index (χ2v) is 9.72. The highest BCUT2D eigenvalue weighted by molar-refractivity contribution is 5.77. The van der Waals surface area contributed by atoms with Crippen LogP contribution in [0.3, 0.4) is 0 Å². The molecule has 2 N–H and O–H groups in total. The van der Waals surface area contributed by atoms with Gasteiger partial charge in [0.05, 0.1) is 30.7 Å². The number of hydrogen-bond donors (Lipinski definition) is 2. The summed E-state index contributed by atoms with van der Waals surface area (Å²) in [5.41, 5.74) is 0.949. The van der Waals surface area contributed by atoms with E-state index >= 15 is 0 Å². The van der Waals surface area contributed by atoms with Crippen LogP contribution < -0.4 is 0 Å². The third-order valence-corrected chi connectivity index (χ3v) is 5.90. The Bertz CT molecular complexity index is 914. The molecule has 34 heavy (non-hydrogen) atoms. The number of carbonyl (C=O) groups excluding carboxylic acids is 2. The summed E-state index contributed by atoms with van der Waals surface area (Å²) in [5.74, 6) is -0.328. The highest BCUT2D eigenvalue weighted by Gasteiger charge is 2.33. The fourth-order valence-corrected chi connectivity index (χ4v) is 3.68. The Morgan fingerprint density at radius 3 is 1.97 bits per heavy atom. The van der Waals surface area contributed by atoms with Gasteiger partial charge in [0.2, 0.25) is 5.91 Å². The van der Waals surface area contributed by atoms with Gasteiger partial charge in [0.15, 0.2) is 0 Å². The van der Waals surface area contributed by atoms with Crippen LogP contribution in [0.4, 0.5) is 4.79 Å². The Morgan fingerprint density at radius 2 is 1.44 bits per heavy atom. The fourth-order valence-electron chi connectivity index (χ4n) is 3.68. The van der Waals surface area contributed by atoms with Crippen molar-refractivity contribution < 1.29 is 24.5 Å². The number of nitrogens with zero attached hydrogens (tertiary/aromatic N) is 2. The average Bonchev–Trinajstić information content (AvgIpc) is 2.80. The van der Waals surface area contributed by atoms with E-state index in [2.05, 4.69) is 0 Å². The molecule has 0 aromatic heterocycles. The summed E-state index contributed by atoms with van der Waals surface area (Å²) in [5, 5.41) is 21.8. The Morgan fingerprint density at radius 1 is 0.912 bits per heavy atom. The first-order valence-corrected chi connectivity index (χ1v) is 11.6. The zero-order valence-electron chi connectivity index (χ0n) is 21.0. The first-order valence-electron chi connectivity index (χ1n) is 11.6. The molecule has 0 saturated carbocycles. The van der Waals surface area contributed by atoms with E-state index in [9.17, 15) is 19.8 Å². The van der Waals surface area contributed by atoms with E-state index in [0.29, 0.717) is 12.0 Å². The van der Waals surface area contributed by atoms with Crippen LogP contribution >= 0.6 is 0 Å². The number of benzene rings is 2. The van der Waals surface area contributed by atoms with Crippen LogP contribution in [-0.4, -0.2) is 69.9 Å². The lowest BCUT2D eigenvalue weighted by Crippen LogP contribution is -2.50. The SMILES string of the molecule is C[C@H]([C@H](O)c1ccccc1)N(C)C(=O)C[C@H](O)[C@@H](Cc1ccccc1)N(C)C(=O)OC(C)(C)C. The molecule has 0 unspecified atom stereocenters. The van der Waals surface area contributed by atoms with Crippen molar-refractivity contribution in [2.75, 3.05) is 14.1 Å². The summed E-state index contributed by atoms with van der Waals surface area (Å²) < 4.78 is 5.49. The molecule has 0 bridgehead atoms. The first-order chi connectivity index (χ1) is 15.9. The van der Waals surface area contributed by atoms with Crippen molar-refractivity contribution in [2.24, 2.45) is 0 Å². The topological polar surface area (TPSA) is 90.3 Å². The van der Waals surface area contributed by atoms with Crippen molar-refractivity contribution in [3.63, 3.8) is 0 Å². The van der Waals surface area contributed by atoms with Gasteiger partial charge in [-0.15, -0.1) is 0 Å². The lowest BCUT2D eigenvalue weighted by atomic mass is 9.97. The number of aliphatic hydroxyl groups excluding tert-OH is 2. The molecule has 0 saturated heterocycles. The van der Waals surface area contributed by atoms with Gasteiger partial charge in [0.25, 0.3) is 0 Å². The summed E-state index contributed by atoms with van der Waals surface area (Å²) in [6, 6.07) is 17.4. The number of likely N-dealkylation sites (N-methyl/N-ethyl adjacent to an activating group) is 2. The largest absolute Gasteiger partial charge is 0.444 e. The van der Waals surface area contributed by atoms with Crippen LogP contribution in [0.1, 0.15) is 51.3 Å². The van der Waals surface area contributed by atoms with E-state index in [4.69, 9.17) is 4.74 Å². The minimum absolute atomic E-state index is 0.201. The molecule has 0 radical (unpaired) electrons. The zero-order valence-corrected chi connectivity index (χ0v) is 21.0. The number of rotatable bonds is 9. The van der Waals surface area contributed by atoms with Gasteiger partial charge >= 0.3 is 6.09 Å². The van der Waals surface area contributed by atoms with Gasteiger partial charge in [-0.2, -0.15) is 0 Å². The predicted molar refractivity (Wildman–Crippen MR) is 132 cm³/mol. The van der Waals surface area contributed by atoms with Gasteiger partial charge in [-0.1, -0.05) is 60.7 Å². The first kappa shape index (κ1) is 27.3. The average molecular weight is 471 g/mol. The molecule has 0 fully saturated rings. The molecule has 4 atom stereocenters. The van der Waals surface area contributed by atoms with Gasteiger partial charge in [0.1, 0.15) is 5.60 Å². The standard InChI is InChI=1S/C27H38N2O5/c1-19(25(32)21-15-11-8-12-16-21)28(5)24(31)18-23(30)22(17-20-13-9-7-10-14-20)29(6)26(33)34-27(2,3)4/h7-16,19,22-23,25,30,32H,17-18H2,1-6H3/t19-,22-,23+,25+/m1/s1. The van der Waals surface area contributed by atoms with Gasteiger partial charge < -0.3 is 24.7 Å². The number of hydrogen-bond acceptors (Lipinski definition) is 5. The molecule has 0 aliphatic heterocycles. The van der Waals surface area contributed by atoms with Crippen LogP contribution in [-0.2, 0) is 16.0 Å². The maximum Gasteiger partial charge on any atom is 0.410 e. The van der Waals surface area contributed by atoms with E-state index in [1.807, 2.05) is 48.5 Å². The molecule has 2 rings (SSSR count). The van der Waals surface area contributed by atoms with Crippen molar-refractivity contribution >= 4 is 12.0 Å². The second-order valence-electron chi connectivity index (χ2n) is 9.72. The summed E-state index contributed by atoms with van der Waals surface area (Å²) in [7, 11) is 3.18. The smallest absolute Gasteiger partial charge is 0.410 e.